The number of hydrogen-bond acceptors (Lipinski definition) is 3. The largest absolute Gasteiger partial charge is 0.311 e. The lowest BCUT2D eigenvalue weighted by atomic mass is 9.85. The van der Waals surface area contributed by atoms with Crippen molar-refractivity contribution >= 4 is 22.8 Å². The minimum absolute atomic E-state index is 0.0601. The van der Waals surface area contributed by atoms with E-state index in [1.807, 2.05) is 42.8 Å². The zero-order chi connectivity index (χ0) is 20.3. The number of nitrogens with zero attached hydrogens (tertiary/aromatic N) is 4. The van der Waals surface area contributed by atoms with Crippen molar-refractivity contribution in [2.45, 2.75) is 19.3 Å². The molecule has 1 aliphatic rings. The molecule has 3 heterocycles. The molecule has 2 aromatic heterocycles. The predicted molar refractivity (Wildman–Crippen MR) is 104 cm³/mol. The van der Waals surface area contributed by atoms with Gasteiger partial charge in [0.2, 0.25) is 11.9 Å². The molecule has 2 aromatic carbocycles. The van der Waals surface area contributed by atoms with E-state index in [9.17, 15) is 13.6 Å². The van der Waals surface area contributed by atoms with Gasteiger partial charge < -0.3 is 9.88 Å². The third-order valence-corrected chi connectivity index (χ3v) is 5.39. The number of halogens is 2. The molecule has 0 radical (unpaired) electrons. The summed E-state index contributed by atoms with van der Waals surface area (Å²) in [6.45, 7) is 1.81. The molecule has 1 aliphatic heterocycles. The number of imidazole rings is 1. The van der Waals surface area contributed by atoms with E-state index < -0.39 is 17.6 Å². The first kappa shape index (κ1) is 17.5. The first-order valence-electron chi connectivity index (χ1n) is 9.20. The van der Waals surface area contributed by atoms with Gasteiger partial charge in [-0.25, -0.2) is 13.8 Å². The Hall–Kier alpha value is -3.55. The maximum atomic E-state index is 14.5. The number of carbonyl (C=O) groups excluding carboxylic acids is 1. The Balaban J connectivity index is 1.72. The van der Waals surface area contributed by atoms with Gasteiger partial charge in [0.1, 0.15) is 17.5 Å². The number of benzene rings is 2. The normalized spacial score (nSPS) is 16.1. The molecule has 6 nitrogen and oxygen atoms in total. The maximum Gasteiger partial charge on any atom is 0.233 e. The van der Waals surface area contributed by atoms with Crippen molar-refractivity contribution in [3.63, 3.8) is 0 Å². The summed E-state index contributed by atoms with van der Waals surface area (Å²) in [4.78, 5) is 17.1. The predicted octanol–water partition coefficient (Wildman–Crippen LogP) is 3.82. The van der Waals surface area contributed by atoms with E-state index in [1.54, 1.807) is 4.68 Å². The number of nitrogens with one attached hydrogen (secondary N) is 1. The number of aromatic nitrogens is 4. The standard InChI is InChI=1S/C21H17F2N5O/c1-11-19-14(13-8-7-12(22)9-15(13)23)10-18(29)25-20(19)28(26-11)21-24-16-5-3-4-6-17(16)27(21)2/h3-9,14H,10H2,1-2H3,(H,25,29)/t14-/m1/s1. The van der Waals surface area contributed by atoms with Gasteiger partial charge in [-0.05, 0) is 30.7 Å². The van der Waals surface area contributed by atoms with Crippen molar-refractivity contribution in [2.24, 2.45) is 7.05 Å². The van der Waals surface area contributed by atoms with E-state index in [0.717, 1.165) is 17.1 Å². The van der Waals surface area contributed by atoms with Crippen molar-refractivity contribution in [1.29, 1.82) is 0 Å². The zero-order valence-corrected chi connectivity index (χ0v) is 15.8. The van der Waals surface area contributed by atoms with Crippen molar-refractivity contribution in [1.82, 2.24) is 19.3 Å². The van der Waals surface area contributed by atoms with Crippen LogP contribution in [0.15, 0.2) is 42.5 Å². The molecule has 8 heteroatoms. The van der Waals surface area contributed by atoms with E-state index in [0.29, 0.717) is 23.0 Å². The van der Waals surface area contributed by atoms with E-state index in [2.05, 4.69) is 15.4 Å². The molecule has 1 atom stereocenters. The van der Waals surface area contributed by atoms with Crippen LogP contribution in [0.4, 0.5) is 14.6 Å². The van der Waals surface area contributed by atoms with Crippen molar-refractivity contribution in [3.8, 4) is 5.95 Å². The summed E-state index contributed by atoms with van der Waals surface area (Å²) in [5.74, 6) is -1.14. The Morgan fingerprint density at radius 2 is 1.97 bits per heavy atom. The number of para-hydroxylation sites is 2. The molecule has 1 amide bonds. The number of carbonyl (C=O) groups is 1. The number of rotatable bonds is 2. The summed E-state index contributed by atoms with van der Waals surface area (Å²) in [5, 5.41) is 7.46. The highest BCUT2D eigenvalue weighted by atomic mass is 19.1. The zero-order valence-electron chi connectivity index (χ0n) is 15.8. The smallest absolute Gasteiger partial charge is 0.233 e. The number of amides is 1. The second kappa shape index (κ2) is 6.23. The second-order valence-corrected chi connectivity index (χ2v) is 7.19. The van der Waals surface area contributed by atoms with Gasteiger partial charge in [-0.2, -0.15) is 9.78 Å². The highest BCUT2D eigenvalue weighted by Gasteiger charge is 2.34. The SMILES string of the molecule is Cc1nn(-c2nc3ccccc3n2C)c2c1[C@@H](c1ccc(F)cc1F)CC(=O)N2. The van der Waals surface area contributed by atoms with Crippen LogP contribution in [0, 0.1) is 18.6 Å². The summed E-state index contributed by atoms with van der Waals surface area (Å²) < 4.78 is 31.4. The summed E-state index contributed by atoms with van der Waals surface area (Å²) >= 11 is 0. The average molecular weight is 393 g/mol. The minimum Gasteiger partial charge on any atom is -0.311 e. The number of aryl methyl sites for hydroxylation is 2. The Kier molecular flexibility index (Phi) is 3.77. The summed E-state index contributed by atoms with van der Waals surface area (Å²) in [7, 11) is 1.87. The Bertz CT molecular complexity index is 1290. The molecule has 146 valence electrons. The first-order chi connectivity index (χ1) is 13.9. The van der Waals surface area contributed by atoms with Gasteiger partial charge in [-0.1, -0.05) is 18.2 Å². The summed E-state index contributed by atoms with van der Waals surface area (Å²) in [5.41, 5.74) is 3.36. The van der Waals surface area contributed by atoms with Gasteiger partial charge in [0, 0.05) is 31.0 Å². The Morgan fingerprint density at radius 3 is 2.72 bits per heavy atom. The number of fused-ring (bicyclic) bond motifs is 2. The third kappa shape index (κ3) is 2.63. The third-order valence-electron chi connectivity index (χ3n) is 5.39. The van der Waals surface area contributed by atoms with Crippen LogP contribution in [0.2, 0.25) is 0 Å². The fourth-order valence-electron chi connectivity index (χ4n) is 4.06. The molecule has 0 spiro atoms. The van der Waals surface area contributed by atoms with Crippen molar-refractivity contribution in [2.75, 3.05) is 5.32 Å². The van der Waals surface area contributed by atoms with Gasteiger partial charge >= 0.3 is 0 Å². The molecule has 5 rings (SSSR count). The molecule has 4 aromatic rings. The van der Waals surface area contributed by atoms with E-state index in [4.69, 9.17) is 0 Å². The summed E-state index contributed by atoms with van der Waals surface area (Å²) in [6.07, 6.45) is 0.0601. The van der Waals surface area contributed by atoms with Gasteiger partial charge in [0.05, 0.1) is 16.7 Å². The molecule has 0 fully saturated rings. The van der Waals surface area contributed by atoms with Crippen LogP contribution in [0.3, 0.4) is 0 Å². The van der Waals surface area contributed by atoms with Crippen LogP contribution in [0.25, 0.3) is 17.0 Å². The lowest BCUT2D eigenvalue weighted by Gasteiger charge is -2.24. The fourth-order valence-corrected chi connectivity index (χ4v) is 4.06. The topological polar surface area (TPSA) is 64.7 Å². The van der Waals surface area contributed by atoms with E-state index in [1.165, 1.54) is 12.1 Å². The van der Waals surface area contributed by atoms with Crippen LogP contribution in [0.1, 0.15) is 29.2 Å². The van der Waals surface area contributed by atoms with Gasteiger partial charge in [0.25, 0.3) is 0 Å². The quantitative estimate of drug-likeness (QED) is 0.563. The maximum absolute atomic E-state index is 14.5. The van der Waals surface area contributed by atoms with Crippen LogP contribution >= 0.6 is 0 Å². The number of hydrogen-bond donors (Lipinski definition) is 1. The number of anilines is 1. The van der Waals surface area contributed by atoms with E-state index in [-0.39, 0.29) is 17.9 Å². The van der Waals surface area contributed by atoms with Crippen LogP contribution < -0.4 is 5.32 Å². The molecular weight excluding hydrogens is 376 g/mol. The highest BCUT2D eigenvalue weighted by molar-refractivity contribution is 5.95. The van der Waals surface area contributed by atoms with Gasteiger partial charge in [-0.3, -0.25) is 4.79 Å². The molecule has 29 heavy (non-hydrogen) atoms. The molecule has 0 saturated carbocycles. The molecule has 0 saturated heterocycles. The van der Waals surface area contributed by atoms with Gasteiger partial charge in [0.15, 0.2) is 0 Å². The van der Waals surface area contributed by atoms with Crippen molar-refractivity contribution < 1.29 is 13.6 Å². The minimum atomic E-state index is -0.675. The lowest BCUT2D eigenvalue weighted by molar-refractivity contribution is -0.116. The summed E-state index contributed by atoms with van der Waals surface area (Å²) in [6, 6.07) is 11.1. The molecular formula is C21H17F2N5O. The molecule has 0 unspecified atom stereocenters. The van der Waals surface area contributed by atoms with Gasteiger partial charge in [-0.15, -0.1) is 0 Å². The fraction of sp³-hybridized carbons (Fsp3) is 0.190. The Labute approximate surface area is 164 Å². The highest BCUT2D eigenvalue weighted by Crippen LogP contribution is 2.41. The molecule has 1 N–H and O–H groups in total. The molecule has 0 bridgehead atoms. The lowest BCUT2D eigenvalue weighted by Crippen LogP contribution is -2.25. The monoisotopic (exact) mass is 393 g/mol. The van der Waals surface area contributed by atoms with E-state index >= 15 is 0 Å². The van der Waals surface area contributed by atoms with Crippen LogP contribution in [-0.2, 0) is 11.8 Å². The molecule has 0 aliphatic carbocycles. The average Bonchev–Trinajstić information content (AvgIpc) is 3.19. The second-order valence-electron chi connectivity index (χ2n) is 7.19. The Morgan fingerprint density at radius 1 is 1.17 bits per heavy atom. The van der Waals surface area contributed by atoms with Crippen molar-refractivity contribution in [3.05, 3.63) is 70.9 Å². The van der Waals surface area contributed by atoms with Crippen LogP contribution in [-0.4, -0.2) is 25.2 Å². The first-order valence-corrected chi connectivity index (χ1v) is 9.20. The van der Waals surface area contributed by atoms with Crippen LogP contribution in [0.5, 0.6) is 0 Å².